The number of H-pyrrole nitrogens is 2. The smallest absolute Gasteiger partial charge is 0.338 e. The molecule has 506 valence electrons. The highest BCUT2D eigenvalue weighted by molar-refractivity contribution is 6.40. The van der Waals surface area contributed by atoms with Crippen LogP contribution in [0, 0.1) is 6.92 Å². The van der Waals surface area contributed by atoms with Gasteiger partial charge in [-0.1, -0.05) is 97.7 Å². The number of aromatic amines is 2. The Kier molecular flexibility index (Phi) is 29.6. The summed E-state index contributed by atoms with van der Waals surface area (Å²) in [6, 6.07) is 48.2. The lowest BCUT2D eigenvalue weighted by Gasteiger charge is -2.06. The molecule has 6 heterocycles. The number of nitrogens with one attached hydrogen (secondary N) is 2. The minimum atomic E-state index is -0.369. The third kappa shape index (κ3) is 22.9. The third-order valence-corrected chi connectivity index (χ3v) is 13.7. The first-order valence-corrected chi connectivity index (χ1v) is 30.4. The zero-order valence-electron chi connectivity index (χ0n) is 51.5. The number of aryl methyl sites for hydroxylation is 1. The number of rotatable bonds is 14. The van der Waals surface area contributed by atoms with Gasteiger partial charge in [0.15, 0.2) is 32.3 Å². The maximum atomic E-state index is 12.6. The van der Waals surface area contributed by atoms with Crippen LogP contribution in [0.15, 0.2) is 219 Å². The Morgan fingerprint density at radius 2 is 0.717 bits per heavy atom. The highest BCUT2D eigenvalue weighted by Crippen LogP contribution is 2.28. The number of carbonyl (C=O) groups is 4. The average Bonchev–Trinajstić information content (AvgIpc) is 1.69. The molecule has 28 heteroatoms. The fraction of sp³-hybridized carbons (Fsp3) is 0.0986. The molecule has 0 amide bonds. The van der Waals surface area contributed by atoms with Crippen LogP contribution in [0.1, 0.15) is 87.5 Å². The summed E-state index contributed by atoms with van der Waals surface area (Å²) in [5.41, 5.74) is 17.9. The Morgan fingerprint density at radius 1 is 0.404 bits per heavy atom. The predicted molar refractivity (Wildman–Crippen MR) is 380 cm³/mol. The van der Waals surface area contributed by atoms with Crippen LogP contribution < -0.4 is 25.7 Å². The van der Waals surface area contributed by atoms with Crippen molar-refractivity contribution in [3.8, 4) is 40.6 Å². The molecule has 24 nitrogen and oxygen atoms in total. The molecule has 0 aliphatic carbocycles. The number of hydrogen-bond donors (Lipinski definition) is 5. The molecule has 6 aromatic heterocycles. The second-order valence-corrected chi connectivity index (χ2v) is 20.7. The molecule has 0 unspecified atom stereocenters. The van der Waals surface area contributed by atoms with E-state index < -0.39 is 0 Å². The number of para-hydroxylation sites is 6. The van der Waals surface area contributed by atoms with Gasteiger partial charge >= 0.3 is 11.9 Å². The summed E-state index contributed by atoms with van der Waals surface area (Å²) >= 11 is 22.5. The van der Waals surface area contributed by atoms with E-state index in [0.29, 0.717) is 87.3 Å². The number of carbonyl (C=O) groups excluding carboxylic acids is 4. The molecule has 0 saturated heterocycles. The average molecular weight is 1420 g/mol. The zero-order chi connectivity index (χ0) is 69.1. The van der Waals surface area contributed by atoms with Gasteiger partial charge in [0.25, 0.3) is 11.8 Å². The van der Waals surface area contributed by atoms with Gasteiger partial charge in [-0.2, -0.15) is 0 Å². The van der Waals surface area contributed by atoms with E-state index in [0.717, 1.165) is 22.1 Å². The molecule has 99 heavy (non-hydrogen) atoms. The molecule has 0 radical (unpaired) electrons. The van der Waals surface area contributed by atoms with Crippen LogP contribution in [0.3, 0.4) is 0 Å². The fourth-order valence-electron chi connectivity index (χ4n) is 7.83. The van der Waals surface area contributed by atoms with Crippen LogP contribution in [-0.4, -0.2) is 102 Å². The van der Waals surface area contributed by atoms with Crippen molar-refractivity contribution in [3.05, 3.63) is 280 Å². The molecule has 0 fully saturated rings. The number of ketones is 2. The van der Waals surface area contributed by atoms with E-state index in [9.17, 15) is 19.2 Å². The summed E-state index contributed by atoms with van der Waals surface area (Å²) in [7, 11) is 0. The number of nitrogens with zero attached hydrogens (tertiary/aromatic N) is 10. The standard InChI is InChI=1S/C19H14N4O2.C18H11ClN4O2.C13H11ClN2O3.C9H10O3.C6H8N2.C4H2Cl2N2.2CH4/c1-12-19(21-11-10-20-12)25-14-8-6-13(7-9-14)17(24)18-22-15-4-2-3-5-16(15)23-18;19-16-18(21-10-9-20-16)25-12-7-5-11(6-8-12)15(24)17-22-13-3-1-2-4-14(13)23-17;1-2-18-13(17)9-3-5-10(6-4-9)19-12-11(14)15-7-8-16-12;1-2-12-9(11)7-3-5-8(10)6-4-7;7-5-3-1-2-4-6(5)8;5-3-4(6)8-2-1-7-3;;/h2-11H,1H3,(H,22,23);1-10H,(H,22,23);3-8H,2H2,1H3;3-6,10H,2H2,1H3;1-4H,7-8H2;1-2H;2*1H4. The summed E-state index contributed by atoms with van der Waals surface area (Å²) in [6.45, 7) is 6.03. The number of ether oxygens (including phenoxy) is 5. The van der Waals surface area contributed by atoms with Crippen LogP contribution in [-0.2, 0) is 9.47 Å². The minimum Gasteiger partial charge on any atom is -0.508 e. The number of fused-ring (bicyclic) bond motifs is 2. The first-order chi connectivity index (χ1) is 47.0. The number of anilines is 2. The van der Waals surface area contributed by atoms with Gasteiger partial charge in [-0.3, -0.25) is 14.6 Å². The first-order valence-electron chi connectivity index (χ1n) is 28.8. The number of nitrogens with two attached hydrogens (primary N) is 2. The molecule has 13 aromatic rings. The number of halogens is 4. The number of hydrogen-bond acceptors (Lipinski definition) is 22. The third-order valence-electron chi connectivity index (χ3n) is 12.5. The number of nitrogen functional groups attached to an aromatic ring is 2. The summed E-state index contributed by atoms with van der Waals surface area (Å²) in [5.74, 6) is 2.13. The van der Waals surface area contributed by atoms with Crippen LogP contribution in [0.2, 0.25) is 20.6 Å². The van der Waals surface area contributed by atoms with E-state index in [2.05, 4.69) is 59.8 Å². The van der Waals surface area contributed by atoms with Crippen LogP contribution in [0.25, 0.3) is 22.1 Å². The SMILES string of the molecule is C.C.CCOC(=O)c1ccc(O)cc1.CCOC(=O)c1ccc(Oc2nccnc2Cl)cc1.Cc1nccnc1Oc1ccc(C(=O)c2nc3ccccc3[nH]2)cc1.Clc1nccnc1Cl.Nc1ccccc1N.O=C(c1ccc(Oc2nccnc2Cl)cc1)c1nc2ccccc2[nH]1. The number of phenolic OH excluding ortho intramolecular Hbond substituents is 1. The molecular weight excluding hydrogens is 1350 g/mol. The van der Waals surface area contributed by atoms with E-state index >= 15 is 0 Å². The van der Waals surface area contributed by atoms with Gasteiger partial charge < -0.3 is 50.2 Å². The number of benzene rings is 7. The van der Waals surface area contributed by atoms with Crippen molar-refractivity contribution in [2.75, 3.05) is 24.7 Å². The van der Waals surface area contributed by atoms with E-state index in [1.807, 2.05) is 67.6 Å². The zero-order valence-corrected chi connectivity index (χ0v) is 54.5. The van der Waals surface area contributed by atoms with E-state index in [1.54, 1.807) is 111 Å². The highest BCUT2D eigenvalue weighted by atomic mass is 35.5. The summed E-state index contributed by atoms with van der Waals surface area (Å²) in [4.78, 5) is 93.6. The van der Waals surface area contributed by atoms with Crippen molar-refractivity contribution in [3.63, 3.8) is 0 Å². The first kappa shape index (κ1) is 76.1. The van der Waals surface area contributed by atoms with Crippen molar-refractivity contribution < 1.29 is 48.0 Å². The van der Waals surface area contributed by atoms with E-state index in [1.165, 1.54) is 61.4 Å². The summed E-state index contributed by atoms with van der Waals surface area (Å²) in [5, 5.41) is 9.75. The fourth-order valence-corrected chi connectivity index (χ4v) is 8.32. The Balaban J connectivity index is 0.000000196. The molecule has 7 aromatic carbocycles. The number of aromatic nitrogens is 12. The van der Waals surface area contributed by atoms with Gasteiger partial charge in [-0.05, 0) is 154 Å². The predicted octanol–water partition coefficient (Wildman–Crippen LogP) is 16.3. The maximum absolute atomic E-state index is 12.6. The number of imidazole rings is 2. The second kappa shape index (κ2) is 38.6. The molecular formula is C71H64Cl4N14O10. The van der Waals surface area contributed by atoms with Crippen LogP contribution in [0.4, 0.5) is 11.4 Å². The van der Waals surface area contributed by atoms with Gasteiger partial charge in [0.05, 0.1) is 63.5 Å². The second-order valence-electron chi connectivity index (χ2n) is 19.2. The highest BCUT2D eigenvalue weighted by Gasteiger charge is 2.17. The van der Waals surface area contributed by atoms with Gasteiger partial charge in [-0.15, -0.1) is 0 Å². The Bertz CT molecular complexity index is 4420. The van der Waals surface area contributed by atoms with Crippen LogP contribution in [0.5, 0.6) is 40.6 Å². The Morgan fingerprint density at radius 3 is 1.06 bits per heavy atom. The topological polar surface area (TPSA) is 347 Å². The lowest BCUT2D eigenvalue weighted by molar-refractivity contribution is 0.0516. The molecule has 0 saturated carbocycles. The lowest BCUT2D eigenvalue weighted by Crippen LogP contribution is -2.04. The molecule has 0 bridgehead atoms. The van der Waals surface area contributed by atoms with Crippen molar-refractivity contribution in [1.29, 1.82) is 0 Å². The van der Waals surface area contributed by atoms with Crippen molar-refractivity contribution >= 4 is 103 Å². The van der Waals surface area contributed by atoms with Gasteiger partial charge in [-0.25, -0.2) is 54.4 Å². The molecule has 13 rings (SSSR count). The van der Waals surface area contributed by atoms with E-state index in [-0.39, 0.29) is 76.5 Å². The lowest BCUT2D eigenvalue weighted by atomic mass is 10.1. The van der Waals surface area contributed by atoms with Crippen LogP contribution >= 0.6 is 46.4 Å². The van der Waals surface area contributed by atoms with Gasteiger partial charge in [0.2, 0.25) is 17.4 Å². The molecule has 0 aliphatic rings. The Labute approximate surface area is 588 Å². The summed E-state index contributed by atoms with van der Waals surface area (Å²) in [6.07, 6.45) is 12.1. The Hall–Kier alpha value is -12.0. The molecule has 0 atom stereocenters. The van der Waals surface area contributed by atoms with Crippen molar-refractivity contribution in [2.24, 2.45) is 0 Å². The summed E-state index contributed by atoms with van der Waals surface area (Å²) < 4.78 is 26.3. The maximum Gasteiger partial charge on any atom is 0.338 e. The monoisotopic (exact) mass is 1410 g/mol. The van der Waals surface area contributed by atoms with Crippen molar-refractivity contribution in [1.82, 2.24) is 59.8 Å². The van der Waals surface area contributed by atoms with Crippen molar-refractivity contribution in [2.45, 2.75) is 35.6 Å². The number of phenols is 1. The largest absolute Gasteiger partial charge is 0.508 e. The molecule has 0 aliphatic heterocycles. The number of aromatic hydroxyl groups is 1. The minimum absolute atomic E-state index is 0. The molecule has 0 spiro atoms. The van der Waals surface area contributed by atoms with Gasteiger partial charge in [0.1, 0.15) is 23.0 Å². The van der Waals surface area contributed by atoms with E-state index in [4.69, 9.17) is 86.7 Å². The quantitative estimate of drug-likeness (QED) is 0.0383. The normalized spacial score (nSPS) is 9.97. The number of esters is 2. The molecule has 7 N–H and O–H groups in total. The van der Waals surface area contributed by atoms with Gasteiger partial charge in [0, 0.05) is 60.7 Å².